The second kappa shape index (κ2) is 12.5. The predicted molar refractivity (Wildman–Crippen MR) is 240 cm³/mol. The minimum absolute atomic E-state index is 0.717. The second-order valence-electron chi connectivity index (χ2n) is 15.1. The summed E-state index contributed by atoms with van der Waals surface area (Å²) in [5, 5.41) is 7.04. The highest BCUT2D eigenvalue weighted by Crippen LogP contribution is 2.40. The van der Waals surface area contributed by atoms with Gasteiger partial charge in [0.25, 0.3) is 0 Å². The molecule has 2 aromatic heterocycles. The topological polar surface area (TPSA) is 32.2 Å². The van der Waals surface area contributed by atoms with E-state index in [0.29, 0.717) is 7.28 Å². The summed E-state index contributed by atoms with van der Waals surface area (Å²) in [4.78, 5) is 6.28. The Bertz CT molecular complexity index is 3460. The van der Waals surface area contributed by atoms with E-state index < -0.39 is 0 Å². The van der Waals surface area contributed by atoms with E-state index in [4.69, 9.17) is 4.42 Å². The first-order valence-electron chi connectivity index (χ1n) is 19.5. The molecule has 0 fully saturated rings. The monoisotopic (exact) mass is 724 g/mol. The van der Waals surface area contributed by atoms with Crippen molar-refractivity contribution in [2.24, 2.45) is 0 Å². The van der Waals surface area contributed by atoms with Crippen LogP contribution in [-0.2, 0) is 0 Å². The molecular weight excluding hydrogens is 691 g/mol. The first-order chi connectivity index (χ1) is 28.2. The number of furan rings is 1. The van der Waals surface area contributed by atoms with Crippen LogP contribution in [0.15, 0.2) is 198 Å². The van der Waals surface area contributed by atoms with E-state index >= 15 is 0 Å². The summed E-state index contributed by atoms with van der Waals surface area (Å²) in [6, 6.07) is 65.4. The third kappa shape index (κ3) is 5.09. The van der Waals surface area contributed by atoms with Crippen molar-refractivity contribution in [1.29, 1.82) is 0 Å². The van der Waals surface area contributed by atoms with E-state index in [1.54, 1.807) is 0 Å². The van der Waals surface area contributed by atoms with Crippen molar-refractivity contribution < 1.29 is 4.42 Å². The minimum atomic E-state index is 0.717. The SMILES string of the molecule is B1C2=C=C(c3cccc4c3[nH]c3cc5ccccc5cc34)C=c3oc4ccccc4c3=C2N(c2ccc(-c3ccccc3)cc2)c2ccc(-c3ccccc3)cc21. The molecule has 12 rings (SSSR count). The van der Waals surface area contributed by atoms with Gasteiger partial charge >= 0.3 is 0 Å². The van der Waals surface area contributed by atoms with Crippen molar-refractivity contribution in [3.05, 3.63) is 209 Å². The lowest BCUT2D eigenvalue weighted by Gasteiger charge is -2.35. The number of anilines is 2. The van der Waals surface area contributed by atoms with Crippen LogP contribution in [0.2, 0.25) is 0 Å². The van der Waals surface area contributed by atoms with Crippen LogP contribution in [0, 0.1) is 0 Å². The maximum atomic E-state index is 6.83. The number of aromatic amines is 1. The normalized spacial score (nSPS) is 13.4. The van der Waals surface area contributed by atoms with Crippen molar-refractivity contribution in [3.8, 4) is 22.3 Å². The average molecular weight is 725 g/mol. The summed E-state index contributed by atoms with van der Waals surface area (Å²) >= 11 is 0. The number of benzene rings is 8. The quantitative estimate of drug-likeness (QED) is 0.145. The Labute approximate surface area is 329 Å². The average Bonchev–Trinajstić information content (AvgIpc) is 3.77. The molecule has 0 saturated carbocycles. The van der Waals surface area contributed by atoms with Gasteiger partial charge in [-0.2, -0.15) is 0 Å². The molecular formula is C53H33BN2O. The first-order valence-corrected chi connectivity index (χ1v) is 19.5. The number of aromatic nitrogens is 1. The summed E-state index contributed by atoms with van der Waals surface area (Å²) < 4.78 is 6.83. The molecule has 0 amide bonds. The fraction of sp³-hybridized carbons (Fsp3) is 0. The Hall–Kier alpha value is -7.52. The Morgan fingerprint density at radius 3 is 2.02 bits per heavy atom. The highest BCUT2D eigenvalue weighted by molar-refractivity contribution is 6.68. The van der Waals surface area contributed by atoms with Gasteiger partial charge in [0.2, 0.25) is 7.28 Å². The second-order valence-corrected chi connectivity index (χ2v) is 15.1. The molecule has 0 atom stereocenters. The molecule has 0 saturated heterocycles. The molecule has 0 unspecified atom stereocenters. The maximum Gasteiger partial charge on any atom is 0.208 e. The Morgan fingerprint density at radius 1 is 0.544 bits per heavy atom. The highest BCUT2D eigenvalue weighted by Gasteiger charge is 2.31. The van der Waals surface area contributed by atoms with Gasteiger partial charge < -0.3 is 14.3 Å². The first kappa shape index (κ1) is 31.8. The van der Waals surface area contributed by atoms with E-state index in [1.165, 1.54) is 49.3 Å². The van der Waals surface area contributed by atoms with Gasteiger partial charge in [-0.25, -0.2) is 0 Å². The summed E-state index contributed by atoms with van der Waals surface area (Å²) in [5.41, 5.74) is 20.6. The van der Waals surface area contributed by atoms with Crippen molar-refractivity contribution in [2.45, 2.75) is 0 Å². The van der Waals surface area contributed by atoms with E-state index in [0.717, 1.165) is 66.3 Å². The van der Waals surface area contributed by atoms with Crippen molar-refractivity contribution in [3.63, 3.8) is 0 Å². The molecule has 4 heteroatoms. The highest BCUT2D eigenvalue weighted by atomic mass is 16.3. The zero-order valence-electron chi connectivity index (χ0n) is 31.0. The fourth-order valence-corrected chi connectivity index (χ4v) is 9.08. The summed E-state index contributed by atoms with van der Waals surface area (Å²) in [6.45, 7) is 0. The molecule has 1 aliphatic heterocycles. The van der Waals surface area contributed by atoms with Gasteiger partial charge in [-0.3, -0.25) is 0 Å². The lowest BCUT2D eigenvalue weighted by Crippen LogP contribution is -2.40. The lowest BCUT2D eigenvalue weighted by atomic mass is 9.58. The number of nitrogens with zero attached hydrogens (tertiary/aromatic N) is 1. The Kier molecular flexibility index (Phi) is 6.98. The molecule has 57 heavy (non-hydrogen) atoms. The number of para-hydroxylation sites is 2. The summed E-state index contributed by atoms with van der Waals surface area (Å²) in [7, 11) is 0.717. The fourth-order valence-electron chi connectivity index (χ4n) is 9.08. The number of hydrogen-bond donors (Lipinski definition) is 1. The van der Waals surface area contributed by atoms with Gasteiger partial charge in [-0.05, 0) is 81.0 Å². The zero-order chi connectivity index (χ0) is 37.5. The lowest BCUT2D eigenvalue weighted by molar-refractivity contribution is 0.575. The van der Waals surface area contributed by atoms with Gasteiger partial charge in [0.05, 0.1) is 16.4 Å². The third-order valence-electron chi connectivity index (χ3n) is 11.7. The van der Waals surface area contributed by atoms with Gasteiger partial charge in [0.1, 0.15) is 11.0 Å². The van der Waals surface area contributed by atoms with E-state index in [-0.39, 0.29) is 0 Å². The molecule has 264 valence electrons. The van der Waals surface area contributed by atoms with Crippen molar-refractivity contribution >= 4 is 85.0 Å². The van der Waals surface area contributed by atoms with E-state index in [9.17, 15) is 0 Å². The molecule has 8 aromatic carbocycles. The number of hydrogen-bond acceptors (Lipinski definition) is 2. The number of H-pyrrole nitrogens is 1. The molecule has 3 nitrogen and oxygen atoms in total. The van der Waals surface area contributed by atoms with E-state index in [2.05, 4.69) is 204 Å². The van der Waals surface area contributed by atoms with Crippen LogP contribution in [0.5, 0.6) is 0 Å². The largest absolute Gasteiger partial charge is 0.456 e. The van der Waals surface area contributed by atoms with Crippen molar-refractivity contribution in [2.75, 3.05) is 4.90 Å². The van der Waals surface area contributed by atoms with Crippen LogP contribution in [0.25, 0.3) is 83.1 Å². The van der Waals surface area contributed by atoms with Gasteiger partial charge in [-0.1, -0.05) is 151 Å². The van der Waals surface area contributed by atoms with E-state index in [1.807, 2.05) is 0 Å². The Balaban J connectivity index is 1.15. The molecule has 10 aromatic rings. The molecule has 1 N–H and O–H groups in total. The summed E-state index contributed by atoms with van der Waals surface area (Å²) in [5.74, 6) is 0. The molecule has 0 bridgehead atoms. The molecule has 0 spiro atoms. The standard InChI is InChI=1S/C53H33BN2O/c1-3-12-33(13-4-1)35-22-25-40(26-23-35)56-48-27-24-38(34-14-5-2-6-15-34)29-45(48)54-46-30-39(32-50-51(53(46)56)43-18-9-10-21-49(43)57-50)41-19-11-20-42-44-28-36-16-7-8-17-37(36)31-47(44)55-52(41)42/h1-29,31-32,54-55H. The zero-order valence-corrected chi connectivity index (χ0v) is 31.0. The van der Waals surface area contributed by atoms with Crippen LogP contribution >= 0.6 is 0 Å². The van der Waals surface area contributed by atoms with Gasteiger partial charge in [0, 0.05) is 44.2 Å². The number of rotatable bonds is 4. The molecule has 0 radical (unpaired) electrons. The smallest absolute Gasteiger partial charge is 0.208 e. The van der Waals surface area contributed by atoms with Crippen LogP contribution in [0.3, 0.4) is 0 Å². The Morgan fingerprint density at radius 2 is 1.21 bits per heavy atom. The third-order valence-corrected chi connectivity index (χ3v) is 11.7. The van der Waals surface area contributed by atoms with Crippen LogP contribution in [-0.4, -0.2) is 12.3 Å². The van der Waals surface area contributed by atoms with Gasteiger partial charge in [0.15, 0.2) is 0 Å². The van der Waals surface area contributed by atoms with Crippen LogP contribution in [0.4, 0.5) is 11.4 Å². The number of fused-ring (bicyclic) bond motifs is 9. The van der Waals surface area contributed by atoms with Crippen LogP contribution in [0.1, 0.15) is 5.56 Å². The predicted octanol–water partition coefficient (Wildman–Crippen LogP) is 10.9. The maximum absolute atomic E-state index is 6.83. The summed E-state index contributed by atoms with van der Waals surface area (Å²) in [6.07, 6.45) is 2.21. The van der Waals surface area contributed by atoms with Crippen molar-refractivity contribution in [1.82, 2.24) is 4.98 Å². The van der Waals surface area contributed by atoms with Gasteiger partial charge in [-0.15, -0.1) is 5.73 Å². The number of nitrogens with one attached hydrogen (secondary N) is 1. The van der Waals surface area contributed by atoms with Crippen LogP contribution < -0.4 is 21.0 Å². The molecule has 1 aliphatic carbocycles. The molecule has 3 heterocycles. The minimum Gasteiger partial charge on any atom is -0.456 e. The molecule has 2 aliphatic rings.